The first kappa shape index (κ1) is 12.6. The van der Waals surface area contributed by atoms with Crippen LogP contribution in [-0.4, -0.2) is 0 Å². The largest absolute Gasteiger partial charge is 0.103 e. The molecule has 2 aromatic rings. The first-order chi connectivity index (χ1) is 8.88. The van der Waals surface area contributed by atoms with E-state index < -0.39 is 0 Å². The molecule has 0 nitrogen and oxygen atoms in total. The van der Waals surface area contributed by atoms with Crippen molar-refractivity contribution in [3.63, 3.8) is 0 Å². The maximum atomic E-state index is 3.88. The van der Waals surface area contributed by atoms with Gasteiger partial charge in [0, 0.05) is 0 Å². The van der Waals surface area contributed by atoms with E-state index >= 15 is 0 Å². The molecule has 18 heavy (non-hydrogen) atoms. The van der Waals surface area contributed by atoms with Gasteiger partial charge in [-0.15, -0.1) is 6.58 Å². The zero-order valence-corrected chi connectivity index (χ0v) is 10.8. The Balaban J connectivity index is 2.02. The van der Waals surface area contributed by atoms with Crippen molar-refractivity contribution in [2.24, 2.45) is 5.92 Å². The van der Waals surface area contributed by atoms with Crippen molar-refractivity contribution < 1.29 is 0 Å². The van der Waals surface area contributed by atoms with Gasteiger partial charge in [-0.05, 0) is 36.3 Å². The van der Waals surface area contributed by atoms with Gasteiger partial charge in [0.25, 0.3) is 0 Å². The lowest BCUT2D eigenvalue weighted by Crippen LogP contribution is -2.07. The third-order valence-corrected chi connectivity index (χ3v) is 3.23. The zero-order valence-electron chi connectivity index (χ0n) is 10.8. The summed E-state index contributed by atoms with van der Waals surface area (Å²) in [6.45, 7) is 3.88. The lowest BCUT2D eigenvalue weighted by Gasteiger charge is -2.15. The van der Waals surface area contributed by atoms with Gasteiger partial charge in [-0.2, -0.15) is 0 Å². The van der Waals surface area contributed by atoms with E-state index in [-0.39, 0.29) is 0 Å². The van der Waals surface area contributed by atoms with E-state index in [9.17, 15) is 0 Å². The Hall–Kier alpha value is -1.82. The summed E-state index contributed by atoms with van der Waals surface area (Å²) in [6.07, 6.45) is 5.36. The number of hydrogen-bond donors (Lipinski definition) is 0. The van der Waals surface area contributed by atoms with Crippen molar-refractivity contribution >= 4 is 0 Å². The molecule has 0 fully saturated rings. The summed E-state index contributed by atoms with van der Waals surface area (Å²) in [4.78, 5) is 0. The number of hydrogen-bond acceptors (Lipinski definition) is 0. The Bertz CT molecular complexity index is 414. The van der Waals surface area contributed by atoms with E-state index in [2.05, 4.69) is 67.2 Å². The molecule has 0 heteroatoms. The van der Waals surface area contributed by atoms with Gasteiger partial charge in [0.2, 0.25) is 0 Å². The van der Waals surface area contributed by atoms with Gasteiger partial charge in [-0.1, -0.05) is 66.7 Å². The first-order valence-electron chi connectivity index (χ1n) is 6.57. The van der Waals surface area contributed by atoms with Gasteiger partial charge in [-0.25, -0.2) is 0 Å². The topological polar surface area (TPSA) is 0 Å². The maximum Gasteiger partial charge on any atom is -0.0244 e. The smallest absolute Gasteiger partial charge is 0.0244 e. The quantitative estimate of drug-likeness (QED) is 0.640. The molecule has 0 saturated heterocycles. The lowest BCUT2D eigenvalue weighted by atomic mass is 9.90. The van der Waals surface area contributed by atoms with Crippen molar-refractivity contribution in [3.05, 3.63) is 84.4 Å². The number of allylic oxidation sites excluding steroid dienone is 1. The van der Waals surface area contributed by atoms with E-state index in [0.717, 1.165) is 19.3 Å². The van der Waals surface area contributed by atoms with Crippen LogP contribution in [0.15, 0.2) is 73.3 Å². The van der Waals surface area contributed by atoms with Crippen LogP contribution in [0.5, 0.6) is 0 Å². The molecule has 0 spiro atoms. The van der Waals surface area contributed by atoms with E-state index in [1.54, 1.807) is 0 Å². The lowest BCUT2D eigenvalue weighted by molar-refractivity contribution is 0.529. The molecule has 0 aromatic heterocycles. The summed E-state index contributed by atoms with van der Waals surface area (Å²) in [5.41, 5.74) is 2.83. The van der Waals surface area contributed by atoms with Crippen LogP contribution in [0.4, 0.5) is 0 Å². The van der Waals surface area contributed by atoms with Crippen molar-refractivity contribution in [1.29, 1.82) is 0 Å². The third kappa shape index (κ3) is 3.89. The van der Waals surface area contributed by atoms with E-state index in [1.807, 2.05) is 6.08 Å². The fraction of sp³-hybridized carbons (Fsp3) is 0.222. The van der Waals surface area contributed by atoms with Crippen molar-refractivity contribution in [3.8, 4) is 0 Å². The highest BCUT2D eigenvalue weighted by Crippen LogP contribution is 2.18. The molecular formula is C18H20. The summed E-state index contributed by atoms with van der Waals surface area (Å²) < 4.78 is 0. The third-order valence-electron chi connectivity index (χ3n) is 3.23. The standard InChI is InChI=1S/C18H20/c1-2-9-18(14-16-10-5-3-6-11-16)15-17-12-7-4-8-13-17/h2-8,10-13,18H,1,9,14-15H2. The fourth-order valence-electron chi connectivity index (χ4n) is 2.37. The average molecular weight is 236 g/mol. The highest BCUT2D eigenvalue weighted by atomic mass is 14.1. The molecule has 92 valence electrons. The number of rotatable bonds is 6. The zero-order chi connectivity index (χ0) is 12.6. The molecule has 0 aliphatic carbocycles. The summed E-state index contributed by atoms with van der Waals surface area (Å²) in [7, 11) is 0. The second kappa shape index (κ2) is 6.80. The average Bonchev–Trinajstić information content (AvgIpc) is 2.41. The predicted octanol–water partition coefficient (Wildman–Crippen LogP) is 4.66. The summed E-state index contributed by atoms with van der Waals surface area (Å²) >= 11 is 0. The van der Waals surface area contributed by atoms with Gasteiger partial charge in [-0.3, -0.25) is 0 Å². The molecule has 0 heterocycles. The Morgan fingerprint density at radius 3 is 1.61 bits per heavy atom. The monoisotopic (exact) mass is 236 g/mol. The first-order valence-corrected chi connectivity index (χ1v) is 6.57. The Morgan fingerprint density at radius 2 is 1.22 bits per heavy atom. The minimum absolute atomic E-state index is 0.646. The second-order valence-corrected chi connectivity index (χ2v) is 4.77. The van der Waals surface area contributed by atoms with Gasteiger partial charge in [0.1, 0.15) is 0 Å². The molecule has 2 aromatic carbocycles. The highest BCUT2D eigenvalue weighted by Gasteiger charge is 2.08. The van der Waals surface area contributed by atoms with Crippen LogP contribution in [0.3, 0.4) is 0 Å². The molecule has 0 saturated carbocycles. The summed E-state index contributed by atoms with van der Waals surface area (Å²) in [5, 5.41) is 0. The molecule has 0 N–H and O–H groups in total. The van der Waals surface area contributed by atoms with E-state index in [1.165, 1.54) is 11.1 Å². The Labute approximate surface area is 110 Å². The Morgan fingerprint density at radius 1 is 0.778 bits per heavy atom. The van der Waals surface area contributed by atoms with Gasteiger partial charge in [0.15, 0.2) is 0 Å². The summed E-state index contributed by atoms with van der Waals surface area (Å²) in [6, 6.07) is 21.4. The second-order valence-electron chi connectivity index (χ2n) is 4.77. The van der Waals surface area contributed by atoms with Crippen LogP contribution in [0, 0.1) is 5.92 Å². The van der Waals surface area contributed by atoms with Crippen molar-refractivity contribution in [2.45, 2.75) is 19.3 Å². The van der Waals surface area contributed by atoms with Gasteiger partial charge >= 0.3 is 0 Å². The van der Waals surface area contributed by atoms with Gasteiger partial charge in [0.05, 0.1) is 0 Å². The van der Waals surface area contributed by atoms with Crippen LogP contribution >= 0.6 is 0 Å². The van der Waals surface area contributed by atoms with Gasteiger partial charge < -0.3 is 0 Å². The predicted molar refractivity (Wildman–Crippen MR) is 78.6 cm³/mol. The maximum absolute atomic E-state index is 3.88. The molecule has 0 aliphatic heterocycles. The molecule has 0 bridgehead atoms. The SMILES string of the molecule is C=CCC(Cc1ccccc1)Cc1ccccc1. The molecule has 0 radical (unpaired) electrons. The molecule has 2 rings (SSSR count). The van der Waals surface area contributed by atoms with E-state index in [0.29, 0.717) is 5.92 Å². The van der Waals surface area contributed by atoms with Crippen LogP contribution in [0.25, 0.3) is 0 Å². The van der Waals surface area contributed by atoms with E-state index in [4.69, 9.17) is 0 Å². The van der Waals surface area contributed by atoms with Crippen molar-refractivity contribution in [2.75, 3.05) is 0 Å². The van der Waals surface area contributed by atoms with Crippen LogP contribution in [0.2, 0.25) is 0 Å². The van der Waals surface area contributed by atoms with Crippen LogP contribution in [0.1, 0.15) is 17.5 Å². The molecule has 0 amide bonds. The minimum atomic E-state index is 0.646. The number of benzene rings is 2. The minimum Gasteiger partial charge on any atom is -0.103 e. The molecule has 0 atom stereocenters. The summed E-state index contributed by atoms with van der Waals surface area (Å²) in [5.74, 6) is 0.646. The molecule has 0 unspecified atom stereocenters. The van der Waals surface area contributed by atoms with Crippen LogP contribution in [-0.2, 0) is 12.8 Å². The highest BCUT2D eigenvalue weighted by molar-refractivity contribution is 5.18. The van der Waals surface area contributed by atoms with Crippen molar-refractivity contribution in [1.82, 2.24) is 0 Å². The van der Waals surface area contributed by atoms with Crippen LogP contribution < -0.4 is 0 Å². The Kier molecular flexibility index (Phi) is 4.78. The molecule has 0 aliphatic rings. The normalized spacial score (nSPS) is 10.5. The molecular weight excluding hydrogens is 216 g/mol. The fourth-order valence-corrected chi connectivity index (χ4v) is 2.37.